The van der Waals surface area contributed by atoms with Crippen molar-refractivity contribution in [2.75, 3.05) is 0 Å². The lowest BCUT2D eigenvalue weighted by atomic mass is 10.1. The van der Waals surface area contributed by atoms with Gasteiger partial charge in [-0.2, -0.15) is 0 Å². The van der Waals surface area contributed by atoms with Crippen LogP contribution in [-0.2, 0) is 19.4 Å². The second-order valence-corrected chi connectivity index (χ2v) is 15.2. The number of rotatable bonds is 7. The van der Waals surface area contributed by atoms with E-state index in [1.54, 1.807) is 0 Å². The third-order valence-electron chi connectivity index (χ3n) is 2.96. The molecule has 138 valence electrons. The van der Waals surface area contributed by atoms with Gasteiger partial charge in [0.25, 0.3) is 5.91 Å². The molecule has 8 nitrogen and oxygen atoms in total. The summed E-state index contributed by atoms with van der Waals surface area (Å²) in [5.41, 5.74) is -0.0839. The maximum atomic E-state index is 12.3. The van der Waals surface area contributed by atoms with E-state index in [0.29, 0.717) is 0 Å². The van der Waals surface area contributed by atoms with E-state index in [4.69, 9.17) is 10.2 Å². The van der Waals surface area contributed by atoms with Crippen LogP contribution in [0.15, 0.2) is 29.2 Å². The minimum absolute atomic E-state index is 0.0839. The summed E-state index contributed by atoms with van der Waals surface area (Å²) in [7, 11) is -3.92. The van der Waals surface area contributed by atoms with E-state index in [0.717, 1.165) is 6.07 Å². The first-order valence-corrected chi connectivity index (χ1v) is 10.4. The van der Waals surface area contributed by atoms with Crippen LogP contribution in [0.3, 0.4) is 0 Å². The van der Waals surface area contributed by atoms with Gasteiger partial charge in [0, 0.05) is 12.0 Å². The average Bonchev–Trinajstić information content (AvgIpc) is 2.49. The van der Waals surface area contributed by atoms with Crippen LogP contribution < -0.4 is 5.32 Å². The highest BCUT2D eigenvalue weighted by Gasteiger charge is 2.37. The van der Waals surface area contributed by atoms with Crippen LogP contribution >= 0.6 is 47.8 Å². The zero-order valence-corrected chi connectivity index (χ0v) is 17.9. The summed E-state index contributed by atoms with van der Waals surface area (Å²) in [6, 6.07) is 3.57. The zero-order chi connectivity index (χ0) is 19.4. The van der Waals surface area contributed by atoms with Crippen molar-refractivity contribution in [3.05, 3.63) is 29.8 Å². The zero-order valence-electron chi connectivity index (χ0n) is 12.3. The Labute approximate surface area is 168 Å². The monoisotopic (exact) mass is 563 g/mol. The van der Waals surface area contributed by atoms with E-state index in [9.17, 15) is 22.8 Å². The number of carboxylic acid groups (broad SMARTS) is 2. The van der Waals surface area contributed by atoms with Gasteiger partial charge in [0.2, 0.25) is 11.3 Å². The molecule has 0 saturated heterocycles. The number of carboxylic acids is 2. The third-order valence-corrected chi connectivity index (χ3v) is 8.28. The van der Waals surface area contributed by atoms with Crippen molar-refractivity contribution in [3.8, 4) is 0 Å². The fourth-order valence-corrected chi connectivity index (χ4v) is 4.19. The highest BCUT2D eigenvalue weighted by atomic mass is 80.0. The van der Waals surface area contributed by atoms with Crippen molar-refractivity contribution >= 4 is 75.5 Å². The van der Waals surface area contributed by atoms with Crippen LogP contribution in [0.5, 0.6) is 0 Å². The van der Waals surface area contributed by atoms with Gasteiger partial charge in [-0.1, -0.05) is 6.07 Å². The molecule has 0 bridgehead atoms. The third kappa shape index (κ3) is 6.04. The van der Waals surface area contributed by atoms with Crippen LogP contribution in [0.1, 0.15) is 23.2 Å². The SMILES string of the molecule is O=C(O)CCC(NC(=O)c1cccc(S(=O)(=O)C(Br)(Br)Br)c1)C(=O)O. The second-order valence-electron chi connectivity index (χ2n) is 4.77. The van der Waals surface area contributed by atoms with Gasteiger partial charge >= 0.3 is 11.9 Å². The van der Waals surface area contributed by atoms with Crippen molar-refractivity contribution < 1.29 is 33.0 Å². The topological polar surface area (TPSA) is 138 Å². The largest absolute Gasteiger partial charge is 0.481 e. The van der Waals surface area contributed by atoms with Gasteiger partial charge in [-0.05, 0) is 72.4 Å². The summed E-state index contributed by atoms with van der Waals surface area (Å²) in [6.07, 6.45) is -0.743. The number of hydrogen-bond acceptors (Lipinski definition) is 5. The summed E-state index contributed by atoms with van der Waals surface area (Å²) in [6.45, 7) is 0. The van der Waals surface area contributed by atoms with E-state index in [-0.39, 0.29) is 16.9 Å². The molecule has 0 radical (unpaired) electrons. The Morgan fingerprint density at radius 1 is 1.16 bits per heavy atom. The fraction of sp³-hybridized carbons (Fsp3) is 0.308. The molecule has 0 aliphatic carbocycles. The molecule has 1 aromatic carbocycles. The molecule has 0 heterocycles. The van der Waals surface area contributed by atoms with Crippen molar-refractivity contribution in [2.45, 2.75) is 25.3 Å². The van der Waals surface area contributed by atoms with Gasteiger partial charge in [-0.15, -0.1) is 0 Å². The Kier molecular flexibility index (Phi) is 7.59. The number of alkyl halides is 3. The summed E-state index contributed by atoms with van der Waals surface area (Å²) in [5, 5.41) is 19.8. The lowest BCUT2D eigenvalue weighted by molar-refractivity contribution is -0.140. The quantitative estimate of drug-likeness (QED) is 0.431. The van der Waals surface area contributed by atoms with Gasteiger partial charge in [-0.3, -0.25) is 9.59 Å². The average molecular weight is 566 g/mol. The molecule has 12 heteroatoms. The minimum atomic E-state index is -3.92. The highest BCUT2D eigenvalue weighted by Crippen LogP contribution is 2.43. The normalized spacial score (nSPS) is 13.1. The molecule has 1 aromatic rings. The number of amides is 1. The van der Waals surface area contributed by atoms with E-state index in [1.807, 2.05) is 0 Å². The summed E-state index contributed by atoms with van der Waals surface area (Å²) in [4.78, 5) is 33.6. The van der Waals surface area contributed by atoms with Gasteiger partial charge in [0.1, 0.15) is 6.04 Å². The number of benzene rings is 1. The van der Waals surface area contributed by atoms with Crippen molar-refractivity contribution in [3.63, 3.8) is 0 Å². The van der Waals surface area contributed by atoms with Crippen molar-refractivity contribution in [1.82, 2.24) is 5.32 Å². The van der Waals surface area contributed by atoms with Crippen molar-refractivity contribution in [1.29, 1.82) is 0 Å². The maximum Gasteiger partial charge on any atom is 0.326 e. The van der Waals surface area contributed by atoms with Crippen LogP contribution in [-0.4, -0.2) is 44.0 Å². The number of hydrogen-bond donors (Lipinski definition) is 3. The Morgan fingerprint density at radius 3 is 2.24 bits per heavy atom. The first kappa shape index (κ1) is 22.1. The molecular weight excluding hydrogens is 554 g/mol. The molecule has 0 spiro atoms. The number of carbonyl (C=O) groups is 3. The minimum Gasteiger partial charge on any atom is -0.481 e. The molecule has 1 amide bonds. The number of nitrogens with one attached hydrogen (secondary N) is 1. The Balaban J connectivity index is 3.05. The highest BCUT2D eigenvalue weighted by molar-refractivity contribution is 9.42. The molecule has 0 saturated carbocycles. The van der Waals surface area contributed by atoms with E-state index in [2.05, 4.69) is 53.1 Å². The molecule has 0 fully saturated rings. The lowest BCUT2D eigenvalue weighted by Crippen LogP contribution is -2.41. The molecular formula is C13H12Br3NO7S. The smallest absolute Gasteiger partial charge is 0.326 e. The van der Waals surface area contributed by atoms with E-state index in [1.165, 1.54) is 18.2 Å². The Hall–Kier alpha value is -0.980. The van der Waals surface area contributed by atoms with Gasteiger partial charge in [0.15, 0.2) is 0 Å². The van der Waals surface area contributed by atoms with Crippen molar-refractivity contribution in [2.24, 2.45) is 0 Å². The summed E-state index contributed by atoms with van der Waals surface area (Å²) < 4.78 is 23.0. The first-order chi connectivity index (χ1) is 11.4. The molecule has 3 N–H and O–H groups in total. The van der Waals surface area contributed by atoms with Crippen LogP contribution in [0.4, 0.5) is 0 Å². The predicted octanol–water partition coefficient (Wildman–Crippen LogP) is 2.30. The molecule has 0 aliphatic heterocycles. The van der Waals surface area contributed by atoms with Crippen LogP contribution in [0.25, 0.3) is 0 Å². The molecule has 0 aliphatic rings. The van der Waals surface area contributed by atoms with Gasteiger partial charge in [-0.25, -0.2) is 13.2 Å². The summed E-state index contributed by atoms with van der Waals surface area (Å²) >= 11 is 8.71. The number of carbonyl (C=O) groups excluding carboxylic acids is 1. The molecule has 1 unspecified atom stereocenters. The predicted molar refractivity (Wildman–Crippen MR) is 98.9 cm³/mol. The number of sulfone groups is 1. The molecule has 0 aromatic heterocycles. The van der Waals surface area contributed by atoms with Gasteiger partial charge in [0.05, 0.1) is 4.90 Å². The number of aliphatic carboxylic acids is 2. The van der Waals surface area contributed by atoms with Gasteiger partial charge < -0.3 is 15.5 Å². The first-order valence-electron chi connectivity index (χ1n) is 6.53. The fourth-order valence-electron chi connectivity index (χ4n) is 1.70. The van der Waals surface area contributed by atoms with Crippen LogP contribution in [0.2, 0.25) is 0 Å². The standard InChI is InChI=1S/C13H12Br3NO7S/c14-13(15,16)25(23,24)8-3-1-2-7(6-8)11(20)17-9(12(21)22)4-5-10(18)19/h1-3,6,9H,4-5H2,(H,17,20)(H,18,19)(H,21,22). The number of halogens is 3. The maximum absolute atomic E-state index is 12.3. The Bertz CT molecular complexity index is 789. The molecule has 1 rings (SSSR count). The Morgan fingerprint density at radius 2 is 1.76 bits per heavy atom. The summed E-state index contributed by atoms with van der Waals surface area (Å²) in [5.74, 6) is -3.42. The lowest BCUT2D eigenvalue weighted by Gasteiger charge is -2.16. The molecule has 1 atom stereocenters. The second kappa shape index (κ2) is 8.60. The molecule has 25 heavy (non-hydrogen) atoms. The van der Waals surface area contributed by atoms with E-state index >= 15 is 0 Å². The van der Waals surface area contributed by atoms with Crippen LogP contribution in [0, 0.1) is 0 Å². The van der Waals surface area contributed by atoms with E-state index < -0.39 is 41.6 Å².